The van der Waals surface area contributed by atoms with Crippen LogP contribution in [0, 0.1) is 5.92 Å². The van der Waals surface area contributed by atoms with Gasteiger partial charge in [0.25, 0.3) is 5.91 Å². The van der Waals surface area contributed by atoms with E-state index in [4.69, 9.17) is 4.74 Å². The van der Waals surface area contributed by atoms with Gasteiger partial charge in [0.15, 0.2) is 6.10 Å². The molecule has 23 heavy (non-hydrogen) atoms. The minimum Gasteiger partial charge on any atom is -0.477 e. The van der Waals surface area contributed by atoms with E-state index in [1.54, 1.807) is 4.90 Å². The number of hydrogen-bond acceptors (Lipinski definition) is 3. The smallest absolute Gasteiger partial charge is 0.263 e. The molecule has 0 aromatic heterocycles. The van der Waals surface area contributed by atoms with Gasteiger partial charge in [0.1, 0.15) is 5.75 Å². The quantitative estimate of drug-likeness (QED) is 0.908. The minimum atomic E-state index is -0.645. The van der Waals surface area contributed by atoms with Crippen molar-refractivity contribution in [3.8, 4) is 5.75 Å². The molecule has 1 saturated carbocycles. The van der Waals surface area contributed by atoms with E-state index in [0.29, 0.717) is 12.3 Å². The highest BCUT2D eigenvalue weighted by atomic mass is 16.5. The highest BCUT2D eigenvalue weighted by molar-refractivity contribution is 5.99. The lowest BCUT2D eigenvalue weighted by molar-refractivity contribution is -0.129. The summed E-state index contributed by atoms with van der Waals surface area (Å²) >= 11 is 0. The van der Waals surface area contributed by atoms with E-state index in [0.717, 1.165) is 31.4 Å². The van der Waals surface area contributed by atoms with Crippen LogP contribution in [0.1, 0.15) is 39.5 Å². The lowest BCUT2D eigenvalue weighted by Crippen LogP contribution is -2.52. The molecule has 1 fully saturated rings. The molecule has 1 heterocycles. The van der Waals surface area contributed by atoms with Crippen LogP contribution < -0.4 is 15.0 Å². The molecular weight excluding hydrogens is 292 g/mol. The number of carbonyl (C=O) groups is 2. The van der Waals surface area contributed by atoms with Crippen LogP contribution in [0.2, 0.25) is 0 Å². The maximum absolute atomic E-state index is 12.6. The molecule has 3 rings (SSSR count). The first-order valence-electron chi connectivity index (χ1n) is 8.51. The number of ether oxygens (including phenoxy) is 1. The Labute approximate surface area is 137 Å². The Morgan fingerprint density at radius 2 is 1.96 bits per heavy atom. The van der Waals surface area contributed by atoms with Gasteiger partial charge in [0, 0.05) is 12.0 Å². The van der Waals surface area contributed by atoms with Crippen molar-refractivity contribution in [2.45, 2.75) is 51.7 Å². The van der Waals surface area contributed by atoms with Crippen molar-refractivity contribution in [3.63, 3.8) is 0 Å². The molecule has 1 atom stereocenters. The molecule has 1 aliphatic carbocycles. The standard InChI is InChI=1S/C18H24N2O3/c1-3-13(4-2)19-17(21)16-11-20(18(22)12-9-10-12)14-7-5-6-8-15(14)23-16/h5-8,12-13,16H,3-4,9-11H2,1-2H3,(H,19,21)/t16-/m1/s1. The third kappa shape index (κ3) is 3.33. The first-order chi connectivity index (χ1) is 11.1. The molecule has 5 nitrogen and oxygen atoms in total. The lowest BCUT2D eigenvalue weighted by atomic mass is 10.1. The number of anilines is 1. The highest BCUT2D eigenvalue weighted by Crippen LogP contribution is 2.38. The fraction of sp³-hybridized carbons (Fsp3) is 0.556. The van der Waals surface area contributed by atoms with E-state index in [1.807, 2.05) is 38.1 Å². The predicted molar refractivity (Wildman–Crippen MR) is 88.4 cm³/mol. The molecule has 0 spiro atoms. The summed E-state index contributed by atoms with van der Waals surface area (Å²) in [4.78, 5) is 26.8. The molecule has 0 unspecified atom stereocenters. The van der Waals surface area contributed by atoms with E-state index >= 15 is 0 Å². The fourth-order valence-electron chi connectivity index (χ4n) is 2.92. The van der Waals surface area contributed by atoms with Crippen LogP contribution in [-0.2, 0) is 9.59 Å². The zero-order chi connectivity index (χ0) is 16.4. The van der Waals surface area contributed by atoms with E-state index in [2.05, 4.69) is 5.32 Å². The van der Waals surface area contributed by atoms with Crippen molar-refractivity contribution in [1.82, 2.24) is 5.32 Å². The third-order valence-electron chi connectivity index (χ3n) is 4.59. The molecule has 1 aliphatic heterocycles. The van der Waals surface area contributed by atoms with Crippen molar-refractivity contribution in [2.75, 3.05) is 11.4 Å². The Morgan fingerprint density at radius 1 is 1.26 bits per heavy atom. The summed E-state index contributed by atoms with van der Waals surface area (Å²) in [6.45, 7) is 4.39. The third-order valence-corrected chi connectivity index (χ3v) is 4.59. The van der Waals surface area contributed by atoms with Gasteiger partial charge in [-0.2, -0.15) is 0 Å². The second kappa shape index (κ2) is 6.60. The maximum atomic E-state index is 12.6. The summed E-state index contributed by atoms with van der Waals surface area (Å²) in [7, 11) is 0. The van der Waals surface area contributed by atoms with E-state index in [1.165, 1.54) is 0 Å². The average molecular weight is 316 g/mol. The van der Waals surface area contributed by atoms with E-state index in [-0.39, 0.29) is 23.8 Å². The van der Waals surface area contributed by atoms with Gasteiger partial charge in [-0.25, -0.2) is 0 Å². The number of carbonyl (C=O) groups excluding carboxylic acids is 2. The van der Waals surface area contributed by atoms with Crippen molar-refractivity contribution < 1.29 is 14.3 Å². The minimum absolute atomic E-state index is 0.112. The monoisotopic (exact) mass is 316 g/mol. The molecule has 5 heteroatoms. The summed E-state index contributed by atoms with van der Waals surface area (Å²) < 4.78 is 5.86. The number of nitrogens with one attached hydrogen (secondary N) is 1. The van der Waals surface area contributed by atoms with Crippen LogP contribution in [0.4, 0.5) is 5.69 Å². The fourth-order valence-corrected chi connectivity index (χ4v) is 2.92. The molecule has 2 aliphatic rings. The van der Waals surface area contributed by atoms with Crippen molar-refractivity contribution in [2.24, 2.45) is 5.92 Å². The SMILES string of the molecule is CCC(CC)NC(=O)[C@H]1CN(C(=O)C2CC2)c2ccccc2O1. The second-order valence-corrected chi connectivity index (χ2v) is 6.32. The molecular formula is C18H24N2O3. The zero-order valence-corrected chi connectivity index (χ0v) is 13.7. The number of amides is 2. The Kier molecular flexibility index (Phi) is 4.55. The van der Waals surface area contributed by atoms with E-state index in [9.17, 15) is 9.59 Å². The molecule has 1 N–H and O–H groups in total. The van der Waals surface area contributed by atoms with Crippen LogP contribution in [0.5, 0.6) is 5.75 Å². The number of nitrogens with zero attached hydrogens (tertiary/aromatic N) is 1. The van der Waals surface area contributed by atoms with Gasteiger partial charge >= 0.3 is 0 Å². The zero-order valence-electron chi connectivity index (χ0n) is 13.7. The second-order valence-electron chi connectivity index (χ2n) is 6.32. The van der Waals surface area contributed by atoms with Gasteiger partial charge in [0.2, 0.25) is 5.91 Å². The number of benzene rings is 1. The number of para-hydroxylation sites is 2. The topological polar surface area (TPSA) is 58.6 Å². The molecule has 1 aromatic carbocycles. The van der Waals surface area contributed by atoms with Crippen LogP contribution in [0.15, 0.2) is 24.3 Å². The van der Waals surface area contributed by atoms with Gasteiger partial charge < -0.3 is 15.0 Å². The number of fused-ring (bicyclic) bond motifs is 1. The number of hydrogen-bond donors (Lipinski definition) is 1. The summed E-state index contributed by atoms with van der Waals surface area (Å²) in [5.74, 6) is 0.698. The van der Waals surface area contributed by atoms with Crippen molar-refractivity contribution in [1.29, 1.82) is 0 Å². The molecule has 0 radical (unpaired) electrons. The molecule has 0 saturated heterocycles. The van der Waals surface area contributed by atoms with Gasteiger partial charge in [-0.3, -0.25) is 9.59 Å². The van der Waals surface area contributed by atoms with Crippen LogP contribution in [-0.4, -0.2) is 30.5 Å². The largest absolute Gasteiger partial charge is 0.477 e. The first kappa shape index (κ1) is 15.8. The van der Waals surface area contributed by atoms with Crippen LogP contribution >= 0.6 is 0 Å². The first-order valence-corrected chi connectivity index (χ1v) is 8.51. The van der Waals surface area contributed by atoms with Crippen molar-refractivity contribution >= 4 is 17.5 Å². The Morgan fingerprint density at radius 3 is 2.61 bits per heavy atom. The van der Waals surface area contributed by atoms with Gasteiger partial charge in [-0.1, -0.05) is 26.0 Å². The van der Waals surface area contributed by atoms with Crippen molar-refractivity contribution in [3.05, 3.63) is 24.3 Å². The summed E-state index contributed by atoms with van der Waals surface area (Å²) in [6, 6.07) is 7.60. The molecule has 2 amide bonds. The van der Waals surface area contributed by atoms with Crippen LogP contribution in [0.3, 0.4) is 0 Å². The average Bonchev–Trinajstić information content (AvgIpc) is 3.42. The van der Waals surface area contributed by atoms with Gasteiger partial charge in [-0.15, -0.1) is 0 Å². The van der Waals surface area contributed by atoms with E-state index < -0.39 is 6.10 Å². The molecule has 124 valence electrons. The molecule has 1 aromatic rings. The maximum Gasteiger partial charge on any atom is 0.263 e. The Bertz CT molecular complexity index is 594. The predicted octanol–water partition coefficient (Wildman–Crippen LogP) is 2.50. The number of rotatable bonds is 5. The highest BCUT2D eigenvalue weighted by Gasteiger charge is 2.40. The lowest BCUT2D eigenvalue weighted by Gasteiger charge is -2.34. The van der Waals surface area contributed by atoms with Gasteiger partial charge in [0.05, 0.1) is 12.2 Å². The van der Waals surface area contributed by atoms with Gasteiger partial charge in [-0.05, 0) is 37.8 Å². The Balaban J connectivity index is 1.79. The summed E-state index contributed by atoms with van der Waals surface area (Å²) in [5, 5.41) is 3.02. The molecule has 0 bridgehead atoms. The van der Waals surface area contributed by atoms with Crippen LogP contribution in [0.25, 0.3) is 0 Å². The Hall–Kier alpha value is -2.04. The normalized spacial score (nSPS) is 20.0. The summed E-state index contributed by atoms with van der Waals surface area (Å²) in [6.07, 6.45) is 3.02. The summed E-state index contributed by atoms with van der Waals surface area (Å²) in [5.41, 5.74) is 0.774.